The molecule has 1 aliphatic heterocycles. The number of rotatable bonds is 3. The predicted octanol–water partition coefficient (Wildman–Crippen LogP) is 3.40. The van der Waals surface area contributed by atoms with Crippen LogP contribution in [0.3, 0.4) is 0 Å². The van der Waals surface area contributed by atoms with Crippen LogP contribution in [0.15, 0.2) is 43.1 Å². The summed E-state index contributed by atoms with van der Waals surface area (Å²) in [6.45, 7) is 3.71. The van der Waals surface area contributed by atoms with E-state index < -0.39 is 0 Å². The molecule has 2 aromatic heterocycles. The van der Waals surface area contributed by atoms with Gasteiger partial charge in [0.1, 0.15) is 0 Å². The summed E-state index contributed by atoms with van der Waals surface area (Å²) < 4.78 is 2.11. The van der Waals surface area contributed by atoms with Gasteiger partial charge in [-0.2, -0.15) is 0 Å². The molecule has 4 rings (SSSR count). The Hall–Kier alpha value is -2.56. The number of nitrogens with zero attached hydrogens (tertiary/aromatic N) is 3. The maximum Gasteiger partial charge on any atom is 0.256 e. The first kappa shape index (κ1) is 15.0. The third-order valence-corrected chi connectivity index (χ3v) is 5.04. The molecule has 5 nitrogen and oxygen atoms in total. The number of H-pyrrole nitrogens is 1. The standard InChI is InChI=1S/C19H22N4O/c1-2-14-5-3-7-16-17(11-21-18(14)16)19(24)22-9-4-6-15(12-22)23-10-8-20-13-23/h3,5,7-8,10-11,13,15,21H,2,4,6,9,12H2,1H3/t15-/m1/s1. The van der Waals surface area contributed by atoms with Crippen LogP contribution in [-0.4, -0.2) is 38.4 Å². The lowest BCUT2D eigenvalue weighted by molar-refractivity contribution is 0.0681. The van der Waals surface area contributed by atoms with Gasteiger partial charge < -0.3 is 14.5 Å². The number of aromatic amines is 1. The van der Waals surface area contributed by atoms with Crippen molar-refractivity contribution in [2.75, 3.05) is 13.1 Å². The van der Waals surface area contributed by atoms with Crippen LogP contribution < -0.4 is 0 Å². The first-order valence-electron chi connectivity index (χ1n) is 8.63. The first-order chi connectivity index (χ1) is 11.8. The molecule has 1 atom stereocenters. The lowest BCUT2D eigenvalue weighted by Crippen LogP contribution is -2.40. The van der Waals surface area contributed by atoms with Gasteiger partial charge in [-0.25, -0.2) is 4.98 Å². The number of benzene rings is 1. The minimum atomic E-state index is 0.124. The van der Waals surface area contributed by atoms with E-state index in [1.807, 2.05) is 35.8 Å². The Balaban J connectivity index is 1.62. The smallest absolute Gasteiger partial charge is 0.256 e. The van der Waals surface area contributed by atoms with Crippen molar-refractivity contribution in [1.29, 1.82) is 0 Å². The second-order valence-corrected chi connectivity index (χ2v) is 6.45. The topological polar surface area (TPSA) is 53.9 Å². The summed E-state index contributed by atoms with van der Waals surface area (Å²) in [6, 6.07) is 6.51. The van der Waals surface area contributed by atoms with Gasteiger partial charge in [-0.3, -0.25) is 4.79 Å². The number of carbonyl (C=O) groups excluding carboxylic acids is 1. The van der Waals surface area contributed by atoms with Crippen molar-refractivity contribution in [1.82, 2.24) is 19.4 Å². The maximum absolute atomic E-state index is 13.1. The van der Waals surface area contributed by atoms with E-state index in [0.717, 1.165) is 48.8 Å². The molecule has 0 bridgehead atoms. The van der Waals surface area contributed by atoms with Crippen molar-refractivity contribution in [3.63, 3.8) is 0 Å². The number of aryl methyl sites for hydroxylation is 1. The molecular weight excluding hydrogens is 300 g/mol. The van der Waals surface area contributed by atoms with E-state index in [0.29, 0.717) is 6.04 Å². The zero-order valence-corrected chi connectivity index (χ0v) is 13.9. The molecule has 3 aromatic rings. The van der Waals surface area contributed by atoms with Crippen LogP contribution in [-0.2, 0) is 6.42 Å². The number of nitrogens with one attached hydrogen (secondary N) is 1. The lowest BCUT2D eigenvalue weighted by Gasteiger charge is -2.33. The van der Waals surface area contributed by atoms with Crippen molar-refractivity contribution in [2.24, 2.45) is 0 Å². The predicted molar refractivity (Wildman–Crippen MR) is 94.1 cm³/mol. The third-order valence-electron chi connectivity index (χ3n) is 5.04. The number of fused-ring (bicyclic) bond motifs is 1. The highest BCUT2D eigenvalue weighted by atomic mass is 16.2. The van der Waals surface area contributed by atoms with Gasteiger partial charge >= 0.3 is 0 Å². The lowest BCUT2D eigenvalue weighted by atomic mass is 10.0. The fourth-order valence-corrected chi connectivity index (χ4v) is 3.73. The Kier molecular flexibility index (Phi) is 3.84. The first-order valence-corrected chi connectivity index (χ1v) is 8.63. The normalized spacial score (nSPS) is 18.2. The number of likely N-dealkylation sites (tertiary alicyclic amines) is 1. The highest BCUT2D eigenvalue weighted by Gasteiger charge is 2.26. The molecule has 0 unspecified atom stereocenters. The molecule has 0 aliphatic carbocycles. The number of para-hydroxylation sites is 1. The Morgan fingerprint density at radius 2 is 2.33 bits per heavy atom. The van der Waals surface area contributed by atoms with E-state index in [1.165, 1.54) is 5.56 Å². The van der Waals surface area contributed by atoms with Crippen LogP contribution in [0.4, 0.5) is 0 Å². The molecule has 0 radical (unpaired) electrons. The van der Waals surface area contributed by atoms with Gasteiger partial charge in [0.15, 0.2) is 0 Å². The molecule has 1 amide bonds. The number of hydrogen-bond donors (Lipinski definition) is 1. The Labute approximate surface area is 141 Å². The molecule has 3 heterocycles. The largest absolute Gasteiger partial charge is 0.360 e. The van der Waals surface area contributed by atoms with Crippen molar-refractivity contribution in [3.8, 4) is 0 Å². The number of piperidine rings is 1. The second-order valence-electron chi connectivity index (χ2n) is 6.45. The Morgan fingerprint density at radius 3 is 3.12 bits per heavy atom. The summed E-state index contributed by atoms with van der Waals surface area (Å²) in [5.41, 5.74) is 3.12. The van der Waals surface area contributed by atoms with Gasteiger partial charge in [-0.05, 0) is 24.8 Å². The number of imidazole rings is 1. The maximum atomic E-state index is 13.1. The number of aromatic nitrogens is 3. The third kappa shape index (κ3) is 2.50. The van der Waals surface area contributed by atoms with Crippen molar-refractivity contribution in [2.45, 2.75) is 32.2 Å². The SMILES string of the molecule is CCc1cccc2c(C(=O)N3CCC[C@@H](n4ccnc4)C3)c[nH]c12. The molecule has 0 saturated carbocycles. The molecule has 124 valence electrons. The van der Waals surface area contributed by atoms with E-state index in [1.54, 1.807) is 6.20 Å². The summed E-state index contributed by atoms with van der Waals surface area (Å²) >= 11 is 0. The highest BCUT2D eigenvalue weighted by Crippen LogP contribution is 2.27. The molecule has 0 spiro atoms. The van der Waals surface area contributed by atoms with Crippen LogP contribution in [0.25, 0.3) is 10.9 Å². The average Bonchev–Trinajstić information content (AvgIpc) is 3.30. The van der Waals surface area contributed by atoms with Crippen LogP contribution in [0.1, 0.15) is 41.7 Å². The summed E-state index contributed by atoms with van der Waals surface area (Å²) in [5.74, 6) is 0.124. The minimum absolute atomic E-state index is 0.124. The summed E-state index contributed by atoms with van der Waals surface area (Å²) in [7, 11) is 0. The van der Waals surface area contributed by atoms with E-state index in [2.05, 4.69) is 27.5 Å². The van der Waals surface area contributed by atoms with E-state index in [-0.39, 0.29) is 5.91 Å². The van der Waals surface area contributed by atoms with Gasteiger partial charge in [0.05, 0.1) is 17.9 Å². The van der Waals surface area contributed by atoms with Crippen LogP contribution >= 0.6 is 0 Å². The molecule has 1 N–H and O–H groups in total. The molecule has 24 heavy (non-hydrogen) atoms. The Bertz CT molecular complexity index is 850. The van der Waals surface area contributed by atoms with Gasteiger partial charge in [0.25, 0.3) is 5.91 Å². The number of hydrogen-bond acceptors (Lipinski definition) is 2. The van der Waals surface area contributed by atoms with Gasteiger partial charge in [-0.1, -0.05) is 25.1 Å². The summed E-state index contributed by atoms with van der Waals surface area (Å²) in [4.78, 5) is 22.5. The van der Waals surface area contributed by atoms with Gasteiger partial charge in [-0.15, -0.1) is 0 Å². The summed E-state index contributed by atoms with van der Waals surface area (Å²) in [6.07, 6.45) is 10.6. The summed E-state index contributed by atoms with van der Waals surface area (Å²) in [5, 5.41) is 1.03. The highest BCUT2D eigenvalue weighted by molar-refractivity contribution is 6.07. The van der Waals surface area contributed by atoms with Crippen LogP contribution in [0.2, 0.25) is 0 Å². The van der Waals surface area contributed by atoms with Crippen molar-refractivity contribution >= 4 is 16.8 Å². The molecule has 1 aromatic carbocycles. The van der Waals surface area contributed by atoms with Gasteiger partial charge in [0, 0.05) is 42.6 Å². The molecule has 5 heteroatoms. The fourth-order valence-electron chi connectivity index (χ4n) is 3.73. The minimum Gasteiger partial charge on any atom is -0.360 e. The molecule has 1 saturated heterocycles. The number of amides is 1. The monoisotopic (exact) mass is 322 g/mol. The molecule has 1 aliphatic rings. The van der Waals surface area contributed by atoms with E-state index in [4.69, 9.17) is 0 Å². The van der Waals surface area contributed by atoms with Crippen molar-refractivity contribution < 1.29 is 4.79 Å². The zero-order valence-electron chi connectivity index (χ0n) is 13.9. The number of carbonyl (C=O) groups is 1. The van der Waals surface area contributed by atoms with Gasteiger partial charge in [0.2, 0.25) is 0 Å². The van der Waals surface area contributed by atoms with Crippen molar-refractivity contribution in [3.05, 3.63) is 54.2 Å². The van der Waals surface area contributed by atoms with Crippen LogP contribution in [0.5, 0.6) is 0 Å². The molecular formula is C19H22N4O. The second kappa shape index (κ2) is 6.15. The zero-order chi connectivity index (χ0) is 16.5. The Morgan fingerprint density at radius 1 is 1.42 bits per heavy atom. The molecule has 1 fully saturated rings. The quantitative estimate of drug-likeness (QED) is 0.803. The average molecular weight is 322 g/mol. The van der Waals surface area contributed by atoms with Crippen LogP contribution in [0, 0.1) is 0 Å². The van der Waals surface area contributed by atoms with E-state index in [9.17, 15) is 4.79 Å². The fraction of sp³-hybridized carbons (Fsp3) is 0.368. The van der Waals surface area contributed by atoms with E-state index >= 15 is 0 Å².